The van der Waals surface area contributed by atoms with Crippen LogP contribution in [-0.4, -0.2) is 30.4 Å². The molecule has 3 aromatic carbocycles. The van der Waals surface area contributed by atoms with Crippen LogP contribution < -0.4 is 0 Å². The van der Waals surface area contributed by atoms with Crippen LogP contribution in [0.15, 0.2) is 66.7 Å². The fraction of sp³-hybridized carbons (Fsp3) is 0.143. The third-order valence-electron chi connectivity index (χ3n) is 4.07. The molecule has 0 aromatic heterocycles. The van der Waals surface area contributed by atoms with Gasteiger partial charge in [0.2, 0.25) is 0 Å². The predicted molar refractivity (Wildman–Crippen MR) is 102 cm³/mol. The molecule has 0 unspecified atom stereocenters. The van der Waals surface area contributed by atoms with Gasteiger partial charge in [-0.25, -0.2) is 4.79 Å². The molecule has 0 radical (unpaired) electrons. The fourth-order valence-corrected chi connectivity index (χ4v) is 2.71. The summed E-state index contributed by atoms with van der Waals surface area (Å²) in [6.45, 7) is 0.124. The Balaban J connectivity index is 1.57. The van der Waals surface area contributed by atoms with E-state index in [0.29, 0.717) is 17.1 Å². The van der Waals surface area contributed by atoms with Crippen molar-refractivity contribution in [2.24, 2.45) is 0 Å². The van der Waals surface area contributed by atoms with Crippen LogP contribution in [0.4, 0.5) is 0 Å². The average Bonchev–Trinajstić information content (AvgIpc) is 2.67. The maximum Gasteiger partial charge on any atom is 0.338 e. The molecule has 0 aliphatic heterocycles. The zero-order valence-corrected chi connectivity index (χ0v) is 15.1. The molecule has 0 N–H and O–H groups in total. The van der Waals surface area contributed by atoms with Gasteiger partial charge in [0.05, 0.1) is 5.56 Å². The van der Waals surface area contributed by atoms with Crippen molar-refractivity contribution < 1.29 is 14.3 Å². The lowest BCUT2D eigenvalue weighted by Crippen LogP contribution is -2.30. The molecule has 26 heavy (non-hydrogen) atoms. The van der Waals surface area contributed by atoms with Crippen molar-refractivity contribution in [3.63, 3.8) is 0 Å². The second kappa shape index (κ2) is 8.02. The van der Waals surface area contributed by atoms with E-state index in [1.54, 1.807) is 31.3 Å². The third-order valence-corrected chi connectivity index (χ3v) is 4.32. The van der Waals surface area contributed by atoms with E-state index in [9.17, 15) is 9.59 Å². The van der Waals surface area contributed by atoms with Gasteiger partial charge in [0.1, 0.15) is 0 Å². The Morgan fingerprint density at radius 3 is 2.38 bits per heavy atom. The summed E-state index contributed by atoms with van der Waals surface area (Å²) >= 11 is 5.85. The number of fused-ring (bicyclic) bond motifs is 1. The highest BCUT2D eigenvalue weighted by molar-refractivity contribution is 6.30. The van der Waals surface area contributed by atoms with Gasteiger partial charge in [0.25, 0.3) is 5.91 Å². The Morgan fingerprint density at radius 1 is 0.962 bits per heavy atom. The number of benzene rings is 3. The molecular weight excluding hydrogens is 350 g/mol. The van der Waals surface area contributed by atoms with E-state index in [1.807, 2.05) is 42.5 Å². The molecule has 4 nitrogen and oxygen atoms in total. The normalized spacial score (nSPS) is 10.5. The lowest BCUT2D eigenvalue weighted by atomic mass is 10.1. The van der Waals surface area contributed by atoms with Gasteiger partial charge in [0, 0.05) is 18.6 Å². The monoisotopic (exact) mass is 367 g/mol. The number of rotatable bonds is 5. The van der Waals surface area contributed by atoms with Gasteiger partial charge in [-0.2, -0.15) is 0 Å². The number of nitrogens with zero attached hydrogens (tertiary/aromatic N) is 1. The summed E-state index contributed by atoms with van der Waals surface area (Å²) in [6, 6.07) is 20.3. The number of hydrogen-bond donors (Lipinski definition) is 0. The van der Waals surface area contributed by atoms with E-state index < -0.39 is 5.97 Å². The first-order valence-electron chi connectivity index (χ1n) is 8.17. The fourth-order valence-electron chi connectivity index (χ4n) is 2.59. The van der Waals surface area contributed by atoms with E-state index in [2.05, 4.69) is 0 Å². The smallest absolute Gasteiger partial charge is 0.338 e. The minimum Gasteiger partial charge on any atom is -0.452 e. The Kier molecular flexibility index (Phi) is 5.54. The summed E-state index contributed by atoms with van der Waals surface area (Å²) in [5.41, 5.74) is 1.38. The van der Waals surface area contributed by atoms with Gasteiger partial charge in [0.15, 0.2) is 6.61 Å². The van der Waals surface area contributed by atoms with E-state index in [0.717, 1.165) is 16.3 Å². The van der Waals surface area contributed by atoms with Gasteiger partial charge in [-0.3, -0.25) is 4.79 Å². The standard InChI is InChI=1S/C21H18ClNO3/c1-23(13-15-6-10-19(22)11-7-15)20(24)14-26-21(25)18-9-8-16-4-2-3-5-17(16)12-18/h2-12H,13-14H2,1H3. The van der Waals surface area contributed by atoms with Gasteiger partial charge in [-0.1, -0.05) is 54.1 Å². The number of ether oxygens (including phenoxy) is 1. The molecule has 0 saturated carbocycles. The number of amides is 1. The van der Waals surface area contributed by atoms with Gasteiger partial charge in [-0.05, 0) is 40.6 Å². The highest BCUT2D eigenvalue weighted by Gasteiger charge is 2.14. The number of halogens is 1. The van der Waals surface area contributed by atoms with Crippen LogP contribution in [0.25, 0.3) is 10.8 Å². The van der Waals surface area contributed by atoms with Crippen LogP contribution in [0.1, 0.15) is 15.9 Å². The van der Waals surface area contributed by atoms with Crippen molar-refractivity contribution in [3.05, 3.63) is 82.9 Å². The molecular formula is C21H18ClNO3. The second-order valence-corrected chi connectivity index (χ2v) is 6.45. The number of esters is 1. The summed E-state index contributed by atoms with van der Waals surface area (Å²) in [6.07, 6.45) is 0. The molecule has 3 rings (SSSR count). The number of carbonyl (C=O) groups is 2. The lowest BCUT2D eigenvalue weighted by Gasteiger charge is -2.17. The molecule has 0 bridgehead atoms. The number of carbonyl (C=O) groups excluding carboxylic acids is 2. The molecule has 0 atom stereocenters. The molecule has 3 aromatic rings. The topological polar surface area (TPSA) is 46.6 Å². The molecule has 0 saturated heterocycles. The highest BCUT2D eigenvalue weighted by atomic mass is 35.5. The molecule has 0 heterocycles. The zero-order chi connectivity index (χ0) is 18.5. The highest BCUT2D eigenvalue weighted by Crippen LogP contribution is 2.16. The van der Waals surface area contributed by atoms with Crippen LogP contribution >= 0.6 is 11.6 Å². The molecule has 0 aliphatic carbocycles. The third kappa shape index (κ3) is 4.41. The quantitative estimate of drug-likeness (QED) is 0.631. The van der Waals surface area contributed by atoms with E-state index >= 15 is 0 Å². The Labute approximate surface area is 156 Å². The molecule has 1 amide bonds. The minimum atomic E-state index is -0.510. The second-order valence-electron chi connectivity index (χ2n) is 6.01. The molecule has 0 fully saturated rings. The SMILES string of the molecule is CN(Cc1ccc(Cl)cc1)C(=O)COC(=O)c1ccc2ccccc2c1. The molecule has 0 spiro atoms. The summed E-state index contributed by atoms with van der Waals surface area (Å²) in [7, 11) is 1.67. The first-order valence-corrected chi connectivity index (χ1v) is 8.55. The summed E-state index contributed by atoms with van der Waals surface area (Å²) in [4.78, 5) is 25.9. The molecule has 5 heteroatoms. The Morgan fingerprint density at radius 2 is 1.65 bits per heavy atom. The number of hydrogen-bond acceptors (Lipinski definition) is 3. The van der Waals surface area contributed by atoms with Crippen molar-refractivity contribution in [2.75, 3.05) is 13.7 Å². The maximum absolute atomic E-state index is 12.2. The first-order chi connectivity index (χ1) is 12.5. The van der Waals surface area contributed by atoms with Crippen molar-refractivity contribution in [3.8, 4) is 0 Å². The Hall–Kier alpha value is -2.85. The van der Waals surface area contributed by atoms with E-state index in [4.69, 9.17) is 16.3 Å². The van der Waals surface area contributed by atoms with Crippen molar-refractivity contribution in [1.82, 2.24) is 4.90 Å². The summed E-state index contributed by atoms with van der Waals surface area (Å²) in [5, 5.41) is 2.64. The number of likely N-dealkylation sites (N-methyl/N-ethyl adjacent to an activating group) is 1. The van der Waals surface area contributed by atoms with Gasteiger partial charge < -0.3 is 9.64 Å². The van der Waals surface area contributed by atoms with Gasteiger partial charge >= 0.3 is 5.97 Å². The first kappa shape index (κ1) is 18.0. The lowest BCUT2D eigenvalue weighted by molar-refractivity contribution is -0.133. The van der Waals surface area contributed by atoms with Crippen molar-refractivity contribution >= 4 is 34.2 Å². The van der Waals surface area contributed by atoms with Crippen LogP contribution in [0.3, 0.4) is 0 Å². The van der Waals surface area contributed by atoms with E-state index in [1.165, 1.54) is 4.90 Å². The predicted octanol–water partition coefficient (Wildman–Crippen LogP) is 4.31. The Bertz CT molecular complexity index is 937. The summed E-state index contributed by atoms with van der Waals surface area (Å²) < 4.78 is 5.17. The van der Waals surface area contributed by atoms with Crippen molar-refractivity contribution in [1.29, 1.82) is 0 Å². The van der Waals surface area contributed by atoms with Crippen molar-refractivity contribution in [2.45, 2.75) is 6.54 Å². The van der Waals surface area contributed by atoms with Gasteiger partial charge in [-0.15, -0.1) is 0 Å². The minimum absolute atomic E-state index is 0.269. The zero-order valence-electron chi connectivity index (χ0n) is 14.3. The average molecular weight is 368 g/mol. The summed E-state index contributed by atoms with van der Waals surface area (Å²) in [5.74, 6) is -0.780. The molecule has 0 aliphatic rings. The maximum atomic E-state index is 12.2. The largest absolute Gasteiger partial charge is 0.452 e. The van der Waals surface area contributed by atoms with Crippen LogP contribution in [-0.2, 0) is 16.1 Å². The van der Waals surface area contributed by atoms with Crippen LogP contribution in [0, 0.1) is 0 Å². The van der Waals surface area contributed by atoms with Crippen LogP contribution in [0.5, 0.6) is 0 Å². The van der Waals surface area contributed by atoms with Crippen LogP contribution in [0.2, 0.25) is 5.02 Å². The van der Waals surface area contributed by atoms with E-state index in [-0.39, 0.29) is 12.5 Å². The molecule has 132 valence electrons.